The van der Waals surface area contributed by atoms with Crippen LogP contribution in [-0.4, -0.2) is 65.0 Å². The Labute approximate surface area is 151 Å². The molecule has 1 aromatic carbocycles. The summed E-state index contributed by atoms with van der Waals surface area (Å²) in [5.74, 6) is -0.269. The molecule has 6 nitrogen and oxygen atoms in total. The molecule has 0 saturated carbocycles. The number of sulfone groups is 1. The van der Waals surface area contributed by atoms with Crippen molar-refractivity contribution >= 4 is 15.7 Å². The molecular weight excluding hydrogens is 342 g/mol. The second-order valence-corrected chi connectivity index (χ2v) is 7.65. The van der Waals surface area contributed by atoms with Crippen LogP contribution in [0.2, 0.25) is 0 Å². The van der Waals surface area contributed by atoms with E-state index in [0.29, 0.717) is 52.4 Å². The normalized spacial score (nSPS) is 11.5. The second-order valence-electron chi connectivity index (χ2n) is 5.66. The van der Waals surface area contributed by atoms with Crippen LogP contribution < -0.4 is 0 Å². The zero-order valence-corrected chi connectivity index (χ0v) is 16.2. The van der Waals surface area contributed by atoms with Gasteiger partial charge in [-0.25, -0.2) is 8.42 Å². The van der Waals surface area contributed by atoms with Crippen molar-refractivity contribution in [2.75, 3.05) is 45.8 Å². The molecular formula is C18H29NO5S. The highest BCUT2D eigenvalue weighted by molar-refractivity contribution is 7.90. The molecule has 0 aliphatic carbocycles. The Balaban J connectivity index is 2.90. The van der Waals surface area contributed by atoms with Gasteiger partial charge in [-0.1, -0.05) is 12.1 Å². The minimum absolute atomic E-state index is 0.0691. The fraction of sp³-hybridized carbons (Fsp3) is 0.611. The Morgan fingerprint density at radius 3 is 2.00 bits per heavy atom. The molecule has 1 amide bonds. The van der Waals surface area contributed by atoms with Crippen LogP contribution in [0.1, 0.15) is 37.0 Å². The van der Waals surface area contributed by atoms with E-state index in [9.17, 15) is 13.2 Å². The summed E-state index contributed by atoms with van der Waals surface area (Å²) in [6.07, 6.45) is 2.53. The Morgan fingerprint density at radius 1 is 1.00 bits per heavy atom. The van der Waals surface area contributed by atoms with Crippen LogP contribution in [0.5, 0.6) is 0 Å². The molecule has 0 atom stereocenters. The lowest BCUT2D eigenvalue weighted by atomic mass is 10.2. The molecule has 7 heteroatoms. The summed E-state index contributed by atoms with van der Waals surface area (Å²) in [6.45, 7) is 7.29. The van der Waals surface area contributed by atoms with Crippen molar-refractivity contribution in [2.24, 2.45) is 0 Å². The van der Waals surface area contributed by atoms with Crippen molar-refractivity contribution in [1.29, 1.82) is 0 Å². The summed E-state index contributed by atoms with van der Waals surface area (Å²) < 4.78 is 34.6. The van der Waals surface area contributed by atoms with Gasteiger partial charge in [0.05, 0.1) is 10.5 Å². The smallest absolute Gasteiger partial charge is 0.255 e. The molecule has 0 heterocycles. The number of amides is 1. The van der Waals surface area contributed by atoms with Crippen molar-refractivity contribution in [3.8, 4) is 0 Å². The van der Waals surface area contributed by atoms with Crippen LogP contribution in [0.25, 0.3) is 0 Å². The summed E-state index contributed by atoms with van der Waals surface area (Å²) in [5.41, 5.74) is 0.220. The molecule has 0 aliphatic rings. The molecule has 1 aromatic rings. The average molecular weight is 371 g/mol. The van der Waals surface area contributed by atoms with Gasteiger partial charge in [0, 0.05) is 45.8 Å². The first-order valence-electron chi connectivity index (χ1n) is 8.65. The summed E-state index contributed by atoms with van der Waals surface area (Å²) in [6, 6.07) is 6.35. The van der Waals surface area contributed by atoms with E-state index in [2.05, 4.69) is 0 Å². The molecule has 142 valence electrons. The topological polar surface area (TPSA) is 72.9 Å². The molecule has 0 aliphatic heterocycles. The standard InChI is InChI=1S/C18H29NO5S/c1-4-23-14-8-12-19(13-9-15-24-5-2)18(20)16-10-6-7-11-17(16)25(3,21)22/h6-7,10-11H,4-5,8-9,12-15H2,1-3H3. The molecule has 0 radical (unpaired) electrons. The van der Waals surface area contributed by atoms with Crippen LogP contribution in [0, 0.1) is 0 Å². The Morgan fingerprint density at radius 2 is 1.52 bits per heavy atom. The van der Waals surface area contributed by atoms with E-state index in [0.717, 1.165) is 6.26 Å². The van der Waals surface area contributed by atoms with E-state index in [1.807, 2.05) is 13.8 Å². The SMILES string of the molecule is CCOCCCN(CCCOCC)C(=O)c1ccccc1S(C)(=O)=O. The lowest BCUT2D eigenvalue weighted by Gasteiger charge is -2.23. The van der Waals surface area contributed by atoms with Gasteiger partial charge in [0.25, 0.3) is 5.91 Å². The molecule has 25 heavy (non-hydrogen) atoms. The van der Waals surface area contributed by atoms with Crippen LogP contribution in [0.15, 0.2) is 29.2 Å². The Kier molecular flexibility index (Phi) is 9.70. The van der Waals surface area contributed by atoms with E-state index in [4.69, 9.17) is 9.47 Å². The highest BCUT2D eigenvalue weighted by Crippen LogP contribution is 2.18. The fourth-order valence-electron chi connectivity index (χ4n) is 2.46. The number of carbonyl (C=O) groups excluding carboxylic acids is 1. The van der Waals surface area contributed by atoms with Crippen LogP contribution in [-0.2, 0) is 19.3 Å². The van der Waals surface area contributed by atoms with Crippen molar-refractivity contribution in [3.63, 3.8) is 0 Å². The highest BCUT2D eigenvalue weighted by Gasteiger charge is 2.22. The van der Waals surface area contributed by atoms with Gasteiger partial charge in [-0.05, 0) is 38.8 Å². The fourth-order valence-corrected chi connectivity index (χ4v) is 3.34. The van der Waals surface area contributed by atoms with E-state index in [1.165, 1.54) is 6.07 Å². The monoisotopic (exact) mass is 371 g/mol. The van der Waals surface area contributed by atoms with E-state index in [1.54, 1.807) is 23.1 Å². The number of hydrogen-bond donors (Lipinski definition) is 0. The predicted octanol–water partition coefficient (Wildman–Crippen LogP) is 2.39. The largest absolute Gasteiger partial charge is 0.382 e. The molecule has 0 fully saturated rings. The quantitative estimate of drug-likeness (QED) is 0.528. The molecule has 0 unspecified atom stereocenters. The summed E-state index contributed by atoms with van der Waals surface area (Å²) >= 11 is 0. The van der Waals surface area contributed by atoms with E-state index in [-0.39, 0.29) is 16.4 Å². The number of hydrogen-bond acceptors (Lipinski definition) is 5. The number of carbonyl (C=O) groups is 1. The molecule has 0 spiro atoms. The first kappa shape index (κ1) is 21.6. The molecule has 0 N–H and O–H groups in total. The lowest BCUT2D eigenvalue weighted by Crippen LogP contribution is -2.34. The van der Waals surface area contributed by atoms with Crippen LogP contribution >= 0.6 is 0 Å². The Bertz CT molecular complexity index is 618. The zero-order valence-electron chi connectivity index (χ0n) is 15.4. The van der Waals surface area contributed by atoms with Gasteiger partial charge >= 0.3 is 0 Å². The Hall–Kier alpha value is -1.44. The number of nitrogens with zero attached hydrogens (tertiary/aromatic N) is 1. The average Bonchev–Trinajstić information content (AvgIpc) is 2.59. The number of rotatable bonds is 12. The molecule has 0 aromatic heterocycles. The predicted molar refractivity (Wildman–Crippen MR) is 97.7 cm³/mol. The van der Waals surface area contributed by atoms with Crippen molar-refractivity contribution < 1.29 is 22.7 Å². The van der Waals surface area contributed by atoms with Gasteiger partial charge < -0.3 is 14.4 Å². The zero-order chi connectivity index (χ0) is 18.7. The van der Waals surface area contributed by atoms with Crippen molar-refractivity contribution in [1.82, 2.24) is 4.90 Å². The second kappa shape index (κ2) is 11.2. The highest BCUT2D eigenvalue weighted by atomic mass is 32.2. The van der Waals surface area contributed by atoms with Gasteiger partial charge in [0.15, 0.2) is 9.84 Å². The number of ether oxygens (including phenoxy) is 2. The maximum absolute atomic E-state index is 12.9. The maximum Gasteiger partial charge on any atom is 0.255 e. The third-order valence-corrected chi connectivity index (χ3v) is 4.80. The van der Waals surface area contributed by atoms with Gasteiger partial charge in [-0.2, -0.15) is 0 Å². The van der Waals surface area contributed by atoms with Crippen molar-refractivity contribution in [2.45, 2.75) is 31.6 Å². The molecule has 1 rings (SSSR count). The summed E-state index contributed by atoms with van der Waals surface area (Å²) in [4.78, 5) is 14.7. The van der Waals surface area contributed by atoms with Gasteiger partial charge in [-0.3, -0.25) is 4.79 Å². The van der Waals surface area contributed by atoms with E-state index >= 15 is 0 Å². The van der Waals surface area contributed by atoms with Crippen LogP contribution in [0.4, 0.5) is 0 Å². The van der Waals surface area contributed by atoms with Crippen LogP contribution in [0.3, 0.4) is 0 Å². The van der Waals surface area contributed by atoms with Gasteiger partial charge in [0.2, 0.25) is 0 Å². The summed E-state index contributed by atoms with van der Waals surface area (Å²) in [5, 5.41) is 0. The van der Waals surface area contributed by atoms with Gasteiger partial charge in [0.1, 0.15) is 0 Å². The minimum Gasteiger partial charge on any atom is -0.382 e. The summed E-state index contributed by atoms with van der Waals surface area (Å²) in [7, 11) is -3.47. The minimum atomic E-state index is -3.47. The lowest BCUT2D eigenvalue weighted by molar-refractivity contribution is 0.0690. The first-order valence-corrected chi connectivity index (χ1v) is 10.5. The molecule has 0 saturated heterocycles. The third-order valence-electron chi connectivity index (χ3n) is 3.65. The number of benzene rings is 1. The molecule has 0 bridgehead atoms. The van der Waals surface area contributed by atoms with Crippen molar-refractivity contribution in [3.05, 3.63) is 29.8 Å². The first-order chi connectivity index (χ1) is 11.9. The maximum atomic E-state index is 12.9. The third kappa shape index (κ3) is 7.54. The van der Waals surface area contributed by atoms with E-state index < -0.39 is 9.84 Å². The van der Waals surface area contributed by atoms with Gasteiger partial charge in [-0.15, -0.1) is 0 Å².